The highest BCUT2D eigenvalue weighted by Crippen LogP contribution is 2.38. The van der Waals surface area contributed by atoms with Crippen LogP contribution in [-0.4, -0.2) is 46.5 Å². The predicted octanol–water partition coefficient (Wildman–Crippen LogP) is 1.94. The molecule has 20 heavy (non-hydrogen) atoms. The van der Waals surface area contributed by atoms with Crippen molar-refractivity contribution < 1.29 is 4.79 Å². The first-order valence-electron chi connectivity index (χ1n) is 7.23. The van der Waals surface area contributed by atoms with Crippen molar-refractivity contribution in [3.63, 3.8) is 0 Å². The summed E-state index contributed by atoms with van der Waals surface area (Å²) in [4.78, 5) is 23.4. The van der Waals surface area contributed by atoms with E-state index in [1.54, 1.807) is 6.20 Å². The van der Waals surface area contributed by atoms with E-state index in [2.05, 4.69) is 43.0 Å². The van der Waals surface area contributed by atoms with Gasteiger partial charge in [0.2, 0.25) is 0 Å². The topological polar surface area (TPSA) is 58.1 Å². The number of hydrogen-bond acceptors (Lipinski definition) is 4. The molecular weight excluding hydrogens is 320 g/mol. The molecule has 0 bridgehead atoms. The molecule has 6 heteroatoms. The molecule has 1 atom stereocenters. The van der Waals surface area contributed by atoms with Gasteiger partial charge in [0.05, 0.1) is 4.47 Å². The Morgan fingerprint density at radius 1 is 1.50 bits per heavy atom. The first-order valence-corrected chi connectivity index (χ1v) is 8.02. The molecule has 0 aromatic carbocycles. The standard InChI is InChI=1S/C14H19BrN4O/c1-2-19-6-5-10(8-19)17-14(20)12-11(15)7-16-13(18-12)9-3-4-9/h7,9-10H,2-6,8H2,1H3,(H,17,20)/t10-/m0/s1. The molecule has 1 N–H and O–H groups in total. The van der Waals surface area contributed by atoms with E-state index in [0.29, 0.717) is 16.1 Å². The van der Waals surface area contributed by atoms with Gasteiger partial charge in [-0.2, -0.15) is 0 Å². The van der Waals surface area contributed by atoms with Gasteiger partial charge in [0.15, 0.2) is 0 Å². The van der Waals surface area contributed by atoms with Crippen LogP contribution in [0.15, 0.2) is 10.7 Å². The number of nitrogens with one attached hydrogen (secondary N) is 1. The van der Waals surface area contributed by atoms with Crippen molar-refractivity contribution >= 4 is 21.8 Å². The Balaban J connectivity index is 1.69. The molecule has 2 aliphatic rings. The van der Waals surface area contributed by atoms with Crippen LogP contribution in [0, 0.1) is 0 Å². The summed E-state index contributed by atoms with van der Waals surface area (Å²) in [7, 11) is 0. The number of rotatable bonds is 4. The zero-order chi connectivity index (χ0) is 14.1. The summed E-state index contributed by atoms with van der Waals surface area (Å²) in [6.07, 6.45) is 4.98. The van der Waals surface area contributed by atoms with E-state index < -0.39 is 0 Å². The largest absolute Gasteiger partial charge is 0.347 e. The van der Waals surface area contributed by atoms with Crippen molar-refractivity contribution in [2.75, 3.05) is 19.6 Å². The second-order valence-corrected chi connectivity index (χ2v) is 6.41. The Kier molecular flexibility index (Phi) is 4.03. The Hall–Kier alpha value is -1.01. The van der Waals surface area contributed by atoms with Crippen LogP contribution >= 0.6 is 15.9 Å². The summed E-state index contributed by atoms with van der Waals surface area (Å²) in [5, 5.41) is 3.09. The van der Waals surface area contributed by atoms with E-state index in [0.717, 1.165) is 44.7 Å². The molecule has 1 aromatic rings. The molecule has 5 nitrogen and oxygen atoms in total. The van der Waals surface area contributed by atoms with Crippen LogP contribution in [0.5, 0.6) is 0 Å². The van der Waals surface area contributed by atoms with Gasteiger partial charge < -0.3 is 10.2 Å². The number of carbonyl (C=O) groups excluding carboxylic acids is 1. The highest BCUT2D eigenvalue weighted by Gasteiger charge is 2.29. The average molecular weight is 339 g/mol. The lowest BCUT2D eigenvalue weighted by molar-refractivity contribution is 0.0931. The lowest BCUT2D eigenvalue weighted by atomic mass is 10.2. The highest BCUT2D eigenvalue weighted by atomic mass is 79.9. The van der Waals surface area contributed by atoms with Crippen molar-refractivity contribution in [1.29, 1.82) is 0 Å². The molecule has 0 spiro atoms. The maximum atomic E-state index is 12.4. The van der Waals surface area contributed by atoms with Gasteiger partial charge >= 0.3 is 0 Å². The van der Waals surface area contributed by atoms with Crippen molar-refractivity contribution in [3.8, 4) is 0 Å². The predicted molar refractivity (Wildman–Crippen MR) is 79.7 cm³/mol. The van der Waals surface area contributed by atoms with Gasteiger partial charge in [-0.25, -0.2) is 9.97 Å². The molecular formula is C14H19BrN4O. The monoisotopic (exact) mass is 338 g/mol. The van der Waals surface area contributed by atoms with E-state index >= 15 is 0 Å². The van der Waals surface area contributed by atoms with Crippen LogP contribution in [0.3, 0.4) is 0 Å². The van der Waals surface area contributed by atoms with Crippen LogP contribution in [-0.2, 0) is 0 Å². The third-order valence-electron chi connectivity index (χ3n) is 3.98. The number of nitrogens with zero attached hydrogens (tertiary/aromatic N) is 3. The molecule has 0 radical (unpaired) electrons. The first kappa shape index (κ1) is 13.9. The Labute approximate surface area is 127 Å². The Bertz CT molecular complexity index is 518. The normalized spacial score (nSPS) is 23.0. The first-order chi connectivity index (χ1) is 9.67. The van der Waals surface area contributed by atoms with Crippen molar-refractivity contribution in [2.24, 2.45) is 0 Å². The minimum Gasteiger partial charge on any atom is -0.347 e. The molecule has 1 aromatic heterocycles. The van der Waals surface area contributed by atoms with Gasteiger partial charge in [-0.1, -0.05) is 6.92 Å². The van der Waals surface area contributed by atoms with Gasteiger partial charge in [0.25, 0.3) is 5.91 Å². The molecule has 1 aliphatic heterocycles. The lowest BCUT2D eigenvalue weighted by Gasteiger charge is -2.15. The minimum atomic E-state index is -0.0934. The minimum absolute atomic E-state index is 0.0934. The number of likely N-dealkylation sites (tertiary alicyclic amines) is 1. The number of carbonyl (C=O) groups is 1. The summed E-state index contributed by atoms with van der Waals surface area (Å²) >= 11 is 3.38. The molecule has 108 valence electrons. The maximum absolute atomic E-state index is 12.4. The van der Waals surface area contributed by atoms with Crippen LogP contribution < -0.4 is 5.32 Å². The summed E-state index contributed by atoms with van der Waals surface area (Å²) in [6.45, 7) is 5.17. The van der Waals surface area contributed by atoms with Crippen LogP contribution in [0.4, 0.5) is 0 Å². The fourth-order valence-corrected chi connectivity index (χ4v) is 2.94. The fourth-order valence-electron chi connectivity index (χ4n) is 2.57. The summed E-state index contributed by atoms with van der Waals surface area (Å²) in [6, 6.07) is 0.230. The zero-order valence-electron chi connectivity index (χ0n) is 11.6. The molecule has 2 heterocycles. The van der Waals surface area contributed by atoms with E-state index in [1.165, 1.54) is 0 Å². The Morgan fingerprint density at radius 3 is 2.95 bits per heavy atom. The number of hydrogen-bond donors (Lipinski definition) is 1. The second kappa shape index (κ2) is 5.77. The van der Waals surface area contributed by atoms with E-state index in [4.69, 9.17) is 0 Å². The van der Waals surface area contributed by atoms with E-state index in [-0.39, 0.29) is 11.9 Å². The molecule has 1 aliphatic carbocycles. The summed E-state index contributed by atoms with van der Waals surface area (Å²) < 4.78 is 0.671. The SMILES string of the molecule is CCN1CC[C@H](NC(=O)c2nc(C3CC3)ncc2Br)C1. The van der Waals surface area contributed by atoms with E-state index in [9.17, 15) is 4.79 Å². The average Bonchev–Trinajstić information content (AvgIpc) is 3.19. The number of aromatic nitrogens is 2. The summed E-state index contributed by atoms with van der Waals surface area (Å²) in [5.74, 6) is 1.17. The van der Waals surface area contributed by atoms with Gasteiger partial charge in [-0.15, -0.1) is 0 Å². The molecule has 1 saturated heterocycles. The highest BCUT2D eigenvalue weighted by molar-refractivity contribution is 9.10. The molecule has 1 saturated carbocycles. The fraction of sp³-hybridized carbons (Fsp3) is 0.643. The van der Waals surface area contributed by atoms with Crippen LogP contribution in [0.2, 0.25) is 0 Å². The number of amides is 1. The van der Waals surface area contributed by atoms with Crippen LogP contribution in [0.25, 0.3) is 0 Å². The van der Waals surface area contributed by atoms with Gasteiger partial charge in [0, 0.05) is 31.2 Å². The van der Waals surface area contributed by atoms with Crippen molar-refractivity contribution in [2.45, 2.75) is 38.1 Å². The maximum Gasteiger partial charge on any atom is 0.271 e. The molecule has 3 rings (SSSR count). The smallest absolute Gasteiger partial charge is 0.271 e. The molecule has 1 amide bonds. The zero-order valence-corrected chi connectivity index (χ0v) is 13.2. The summed E-state index contributed by atoms with van der Waals surface area (Å²) in [5.41, 5.74) is 0.469. The Morgan fingerprint density at radius 2 is 2.30 bits per heavy atom. The van der Waals surface area contributed by atoms with Crippen molar-refractivity contribution in [1.82, 2.24) is 20.2 Å². The van der Waals surface area contributed by atoms with Gasteiger partial charge in [0.1, 0.15) is 11.5 Å². The second-order valence-electron chi connectivity index (χ2n) is 5.55. The molecule has 0 unspecified atom stereocenters. The molecule has 2 fully saturated rings. The third-order valence-corrected chi connectivity index (χ3v) is 4.56. The third kappa shape index (κ3) is 3.01. The van der Waals surface area contributed by atoms with Crippen LogP contribution in [0.1, 0.15) is 48.4 Å². The quantitative estimate of drug-likeness (QED) is 0.911. The lowest BCUT2D eigenvalue weighted by Crippen LogP contribution is -2.37. The van der Waals surface area contributed by atoms with Crippen molar-refractivity contribution in [3.05, 3.63) is 22.2 Å². The van der Waals surface area contributed by atoms with E-state index in [1.807, 2.05) is 0 Å². The van der Waals surface area contributed by atoms with Gasteiger partial charge in [-0.05, 0) is 41.7 Å². The number of likely N-dealkylation sites (N-methyl/N-ethyl adjacent to an activating group) is 1. The number of halogens is 1. The van der Waals surface area contributed by atoms with Gasteiger partial charge in [-0.3, -0.25) is 4.79 Å².